The number of ether oxygens (including phenoxy) is 1. The number of nitriles is 2. The molecule has 1 N–H and O–H groups in total. The van der Waals surface area contributed by atoms with E-state index in [1.54, 1.807) is 19.1 Å². The van der Waals surface area contributed by atoms with E-state index >= 15 is 0 Å². The van der Waals surface area contributed by atoms with E-state index in [-0.39, 0.29) is 46.1 Å². The fourth-order valence-electron chi connectivity index (χ4n) is 4.92. The lowest BCUT2D eigenvalue weighted by Crippen LogP contribution is -2.21. The van der Waals surface area contributed by atoms with E-state index in [0.717, 1.165) is 37.9 Å². The predicted octanol–water partition coefficient (Wildman–Crippen LogP) is 4.85. The summed E-state index contributed by atoms with van der Waals surface area (Å²) in [7, 11) is 0. The predicted molar refractivity (Wildman–Crippen MR) is 145 cm³/mol. The zero-order valence-electron chi connectivity index (χ0n) is 22.8. The third-order valence-electron chi connectivity index (χ3n) is 7.25. The van der Waals surface area contributed by atoms with Gasteiger partial charge >= 0.3 is 11.9 Å². The lowest BCUT2D eigenvalue weighted by Gasteiger charge is -2.14. The van der Waals surface area contributed by atoms with Crippen LogP contribution in [0.3, 0.4) is 0 Å². The normalized spacial score (nSPS) is 14.0. The van der Waals surface area contributed by atoms with Gasteiger partial charge in [0, 0.05) is 24.5 Å². The van der Waals surface area contributed by atoms with Crippen molar-refractivity contribution in [2.75, 3.05) is 6.61 Å². The van der Waals surface area contributed by atoms with Crippen LogP contribution in [0.5, 0.6) is 0 Å². The van der Waals surface area contributed by atoms with Gasteiger partial charge in [-0.1, -0.05) is 0 Å². The number of carbonyl (C=O) groups is 2. The number of benzene rings is 2. The van der Waals surface area contributed by atoms with Crippen molar-refractivity contribution in [3.05, 3.63) is 90.5 Å². The maximum absolute atomic E-state index is 13.9. The highest BCUT2D eigenvalue weighted by molar-refractivity contribution is 5.96. The Bertz CT molecular complexity index is 2120. The summed E-state index contributed by atoms with van der Waals surface area (Å²) in [5.74, 6) is -7.54. The van der Waals surface area contributed by atoms with Gasteiger partial charge in [-0.2, -0.15) is 10.5 Å². The van der Waals surface area contributed by atoms with Crippen LogP contribution in [-0.4, -0.2) is 32.8 Å². The Morgan fingerprint density at radius 2 is 1.25 bits per heavy atom. The molecule has 10 nitrogen and oxygen atoms in total. The number of rotatable bonds is 5. The quantitative estimate of drug-likeness (QED) is 0.249. The van der Waals surface area contributed by atoms with E-state index in [9.17, 15) is 36.7 Å². The average molecular weight is 609 g/mol. The Morgan fingerprint density at radius 3 is 1.61 bits per heavy atom. The number of halogens is 4. The minimum atomic E-state index is -1.44. The summed E-state index contributed by atoms with van der Waals surface area (Å²) in [5.41, 5.74) is -3.60. The molecule has 2 aliphatic carbocycles. The van der Waals surface area contributed by atoms with Crippen molar-refractivity contribution in [1.29, 1.82) is 10.5 Å². The summed E-state index contributed by atoms with van der Waals surface area (Å²) in [6, 6.07) is 4.39. The molecular weight excluding hydrogens is 588 g/mol. The number of nitrogens with zero attached hydrogens (tertiary/aromatic N) is 4. The zero-order chi connectivity index (χ0) is 32.0. The molecule has 4 aromatic rings. The highest BCUT2D eigenvalue weighted by Gasteiger charge is 2.31. The molecular formula is C30H20F4N4O6. The molecule has 0 amide bonds. The molecule has 0 spiro atoms. The van der Waals surface area contributed by atoms with Crippen molar-refractivity contribution in [3.63, 3.8) is 0 Å². The number of carbonyl (C=O) groups excluding carboxylic acids is 1. The maximum atomic E-state index is 13.9. The second-order valence-corrected chi connectivity index (χ2v) is 10.2. The molecule has 2 aromatic carbocycles. The number of pyridine rings is 2. The molecule has 6 rings (SSSR count). The van der Waals surface area contributed by atoms with Gasteiger partial charge in [0.15, 0.2) is 23.3 Å². The zero-order valence-corrected chi connectivity index (χ0v) is 22.8. The standard InChI is InChI=1S/C16H12F2N2O3.C14H8F2N2O3/c1-2-23-16(22)11-7-20(8-3-4-8)14-9(15(11)21)5-12(17)13(18)10(14)6-19;15-10-3-7-12(8(4-17)11(10)16)18(6-1-2-6)5-9(13(7)19)14(20)21/h5,7-8H,2-4H2,1H3;3,5-6H,1-2H2,(H,20,21). The Kier molecular flexibility index (Phi) is 7.70. The molecule has 224 valence electrons. The van der Waals surface area contributed by atoms with Gasteiger partial charge in [-0.3, -0.25) is 9.59 Å². The molecule has 2 saturated carbocycles. The molecule has 44 heavy (non-hydrogen) atoms. The fraction of sp³-hybridized carbons (Fsp3) is 0.267. The fourth-order valence-corrected chi connectivity index (χ4v) is 4.92. The molecule has 2 aromatic heterocycles. The van der Waals surface area contributed by atoms with Crippen LogP contribution >= 0.6 is 0 Å². The van der Waals surface area contributed by atoms with Crippen molar-refractivity contribution in [3.8, 4) is 12.1 Å². The largest absolute Gasteiger partial charge is 0.477 e. The van der Waals surface area contributed by atoms with E-state index < -0.39 is 62.8 Å². The lowest BCUT2D eigenvalue weighted by atomic mass is 10.1. The number of aromatic nitrogens is 2. The van der Waals surface area contributed by atoms with Gasteiger partial charge < -0.3 is 19.0 Å². The number of esters is 1. The van der Waals surface area contributed by atoms with Gasteiger partial charge in [0.2, 0.25) is 10.9 Å². The van der Waals surface area contributed by atoms with E-state index in [1.165, 1.54) is 15.3 Å². The van der Waals surface area contributed by atoms with Gasteiger partial charge in [0.1, 0.15) is 34.4 Å². The highest BCUT2D eigenvalue weighted by atomic mass is 19.2. The molecule has 14 heteroatoms. The number of aromatic carboxylic acids is 1. The van der Waals surface area contributed by atoms with E-state index in [0.29, 0.717) is 6.07 Å². The molecule has 0 atom stereocenters. The van der Waals surface area contributed by atoms with Crippen molar-refractivity contribution in [2.24, 2.45) is 0 Å². The van der Waals surface area contributed by atoms with Crippen LogP contribution in [0.25, 0.3) is 21.8 Å². The minimum absolute atomic E-state index is 0.0203. The monoisotopic (exact) mass is 608 g/mol. The topological polar surface area (TPSA) is 155 Å². The Morgan fingerprint density at radius 1 is 0.841 bits per heavy atom. The maximum Gasteiger partial charge on any atom is 0.343 e. The summed E-state index contributed by atoms with van der Waals surface area (Å²) in [6.07, 6.45) is 5.36. The molecule has 2 aliphatic rings. The molecule has 0 aliphatic heterocycles. The van der Waals surface area contributed by atoms with Gasteiger partial charge in [-0.05, 0) is 44.7 Å². The molecule has 0 radical (unpaired) electrons. The molecule has 0 saturated heterocycles. The van der Waals surface area contributed by atoms with E-state index in [1.807, 2.05) is 0 Å². The summed E-state index contributed by atoms with van der Waals surface area (Å²) in [5, 5.41) is 26.8. The second-order valence-electron chi connectivity index (χ2n) is 10.2. The number of carboxylic acid groups (broad SMARTS) is 1. The molecule has 2 heterocycles. The van der Waals surface area contributed by atoms with Gasteiger partial charge in [0.05, 0.1) is 28.4 Å². The van der Waals surface area contributed by atoms with Crippen LogP contribution in [0.2, 0.25) is 0 Å². The first-order valence-corrected chi connectivity index (χ1v) is 13.3. The Balaban J connectivity index is 0.000000175. The number of hydrogen-bond donors (Lipinski definition) is 1. The van der Waals surface area contributed by atoms with Crippen LogP contribution < -0.4 is 10.9 Å². The van der Waals surface area contributed by atoms with Crippen molar-refractivity contribution in [1.82, 2.24) is 9.13 Å². The number of fused-ring (bicyclic) bond motifs is 2. The van der Waals surface area contributed by atoms with Crippen LogP contribution in [0.1, 0.15) is 76.5 Å². The van der Waals surface area contributed by atoms with E-state index in [4.69, 9.17) is 20.4 Å². The smallest absolute Gasteiger partial charge is 0.343 e. The molecule has 2 fully saturated rings. The first-order chi connectivity index (χ1) is 20.9. The van der Waals surface area contributed by atoms with E-state index in [2.05, 4.69) is 0 Å². The first kappa shape index (κ1) is 30.0. The van der Waals surface area contributed by atoms with Crippen LogP contribution in [0.15, 0.2) is 34.1 Å². The number of carboxylic acids is 1. The average Bonchev–Trinajstić information content (AvgIpc) is 3.90. The summed E-state index contributed by atoms with van der Waals surface area (Å²) in [6.45, 7) is 1.68. The minimum Gasteiger partial charge on any atom is -0.477 e. The SMILES string of the molecule is CCOC(=O)c1cn(C2CC2)c2c(C#N)c(F)c(F)cc2c1=O.N#Cc1c(F)c(F)cc2c(=O)c(C(=O)O)cn(C3CC3)c12. The Labute approximate surface area is 244 Å². The van der Waals surface area contributed by atoms with Crippen molar-refractivity contribution in [2.45, 2.75) is 44.7 Å². The van der Waals surface area contributed by atoms with Crippen molar-refractivity contribution < 1.29 is 37.0 Å². The lowest BCUT2D eigenvalue weighted by molar-refractivity contribution is 0.0523. The third kappa shape index (κ3) is 5.04. The molecule has 0 bridgehead atoms. The number of hydrogen-bond acceptors (Lipinski definition) is 7. The van der Waals surface area contributed by atoms with Crippen LogP contribution in [-0.2, 0) is 4.74 Å². The summed E-state index contributed by atoms with van der Waals surface area (Å²) < 4.78 is 62.6. The summed E-state index contributed by atoms with van der Waals surface area (Å²) >= 11 is 0. The first-order valence-electron chi connectivity index (χ1n) is 13.3. The second kappa shape index (κ2) is 11.3. The Hall–Kier alpha value is -5.50. The van der Waals surface area contributed by atoms with Crippen LogP contribution in [0, 0.1) is 45.9 Å². The highest BCUT2D eigenvalue weighted by Crippen LogP contribution is 2.39. The van der Waals surface area contributed by atoms with Crippen molar-refractivity contribution >= 4 is 33.7 Å². The third-order valence-corrected chi connectivity index (χ3v) is 7.25. The van der Waals surface area contributed by atoms with Gasteiger partial charge in [-0.25, -0.2) is 27.2 Å². The van der Waals surface area contributed by atoms with Gasteiger partial charge in [-0.15, -0.1) is 0 Å². The van der Waals surface area contributed by atoms with Gasteiger partial charge in [0.25, 0.3) is 0 Å². The summed E-state index contributed by atoms with van der Waals surface area (Å²) in [4.78, 5) is 47.6. The van der Waals surface area contributed by atoms with Crippen LogP contribution in [0.4, 0.5) is 17.6 Å². The molecule has 0 unspecified atom stereocenters.